The van der Waals surface area contributed by atoms with Crippen LogP contribution in [0.1, 0.15) is 26.3 Å². The quantitative estimate of drug-likeness (QED) is 0.356. The monoisotopic (exact) mass is 448 g/mol. The molecule has 0 spiro atoms. The van der Waals surface area contributed by atoms with Gasteiger partial charge in [0.2, 0.25) is 10.0 Å². The SMILES string of the molecule is CCOc1ccc(N([C@H](C)C(=O)N/N=C(/C)c2cccc([N+](=O)[O-])c2)S(C)(=O)=O)cc1. The van der Waals surface area contributed by atoms with Crippen LogP contribution in [0, 0.1) is 10.1 Å². The zero-order chi connectivity index (χ0) is 23.2. The third-order valence-electron chi connectivity index (χ3n) is 4.30. The zero-order valence-corrected chi connectivity index (χ0v) is 18.4. The van der Waals surface area contributed by atoms with E-state index in [1.807, 2.05) is 6.92 Å². The Morgan fingerprint density at radius 2 is 1.90 bits per heavy atom. The van der Waals surface area contributed by atoms with Crippen molar-refractivity contribution in [3.63, 3.8) is 0 Å². The number of anilines is 1. The van der Waals surface area contributed by atoms with Gasteiger partial charge in [-0.3, -0.25) is 19.2 Å². The number of nitrogens with zero attached hydrogens (tertiary/aromatic N) is 3. The van der Waals surface area contributed by atoms with Crippen molar-refractivity contribution in [3.05, 3.63) is 64.2 Å². The summed E-state index contributed by atoms with van der Waals surface area (Å²) in [6, 6.07) is 11.0. The molecule has 0 aromatic heterocycles. The van der Waals surface area contributed by atoms with Crippen LogP contribution in [-0.4, -0.2) is 43.9 Å². The number of carbonyl (C=O) groups is 1. The fourth-order valence-electron chi connectivity index (χ4n) is 2.81. The van der Waals surface area contributed by atoms with E-state index in [4.69, 9.17) is 4.74 Å². The molecule has 1 N–H and O–H groups in total. The summed E-state index contributed by atoms with van der Waals surface area (Å²) in [6.07, 6.45) is 1.00. The lowest BCUT2D eigenvalue weighted by atomic mass is 10.1. The molecular weight excluding hydrogens is 424 g/mol. The van der Waals surface area contributed by atoms with Gasteiger partial charge in [0, 0.05) is 17.7 Å². The van der Waals surface area contributed by atoms with Gasteiger partial charge in [0.05, 0.1) is 29.2 Å². The van der Waals surface area contributed by atoms with E-state index in [-0.39, 0.29) is 5.69 Å². The third kappa shape index (κ3) is 6.25. The fraction of sp³-hybridized carbons (Fsp3) is 0.300. The number of sulfonamides is 1. The van der Waals surface area contributed by atoms with Crippen molar-refractivity contribution in [2.24, 2.45) is 5.10 Å². The second kappa shape index (κ2) is 10.0. The number of hydrogen-bond acceptors (Lipinski definition) is 7. The lowest BCUT2D eigenvalue weighted by molar-refractivity contribution is -0.384. The topological polar surface area (TPSA) is 131 Å². The summed E-state index contributed by atoms with van der Waals surface area (Å²) in [6.45, 7) is 5.31. The number of non-ortho nitro benzene ring substituents is 1. The molecule has 2 rings (SSSR count). The summed E-state index contributed by atoms with van der Waals surface area (Å²) in [5, 5.41) is 14.9. The van der Waals surface area contributed by atoms with Gasteiger partial charge in [-0.05, 0) is 45.0 Å². The highest BCUT2D eigenvalue weighted by molar-refractivity contribution is 7.92. The molecule has 0 fully saturated rings. The Hall–Kier alpha value is -3.47. The molecule has 1 amide bonds. The van der Waals surface area contributed by atoms with Crippen molar-refractivity contribution in [1.82, 2.24) is 5.43 Å². The number of ether oxygens (including phenoxy) is 1. The molecule has 0 aliphatic carbocycles. The number of benzene rings is 2. The van der Waals surface area contributed by atoms with Crippen LogP contribution in [0.3, 0.4) is 0 Å². The van der Waals surface area contributed by atoms with Gasteiger partial charge in [0.1, 0.15) is 11.8 Å². The third-order valence-corrected chi connectivity index (χ3v) is 5.54. The number of carbonyl (C=O) groups excluding carboxylic acids is 1. The summed E-state index contributed by atoms with van der Waals surface area (Å²) in [7, 11) is -3.78. The highest BCUT2D eigenvalue weighted by atomic mass is 32.2. The van der Waals surface area contributed by atoms with E-state index in [9.17, 15) is 23.3 Å². The van der Waals surface area contributed by atoms with Gasteiger partial charge in [-0.25, -0.2) is 13.8 Å². The normalized spacial score (nSPS) is 12.7. The van der Waals surface area contributed by atoms with Crippen molar-refractivity contribution < 1.29 is 22.9 Å². The van der Waals surface area contributed by atoms with Crippen LogP contribution >= 0.6 is 0 Å². The van der Waals surface area contributed by atoms with E-state index in [0.717, 1.165) is 10.6 Å². The van der Waals surface area contributed by atoms with Crippen LogP contribution in [0.15, 0.2) is 53.6 Å². The van der Waals surface area contributed by atoms with E-state index in [2.05, 4.69) is 10.5 Å². The zero-order valence-electron chi connectivity index (χ0n) is 17.6. The smallest absolute Gasteiger partial charge is 0.270 e. The van der Waals surface area contributed by atoms with Crippen molar-refractivity contribution in [2.45, 2.75) is 26.8 Å². The number of hydrogen-bond donors (Lipinski definition) is 1. The largest absolute Gasteiger partial charge is 0.494 e. The minimum Gasteiger partial charge on any atom is -0.494 e. The summed E-state index contributed by atoms with van der Waals surface area (Å²) in [5.74, 6) is -0.0851. The first-order valence-electron chi connectivity index (χ1n) is 9.35. The van der Waals surface area contributed by atoms with Crippen LogP contribution in [0.4, 0.5) is 11.4 Å². The molecule has 0 aliphatic heterocycles. The Morgan fingerprint density at radius 1 is 1.26 bits per heavy atom. The second-order valence-electron chi connectivity index (χ2n) is 6.64. The first-order chi connectivity index (χ1) is 14.5. The summed E-state index contributed by atoms with van der Waals surface area (Å²) >= 11 is 0. The first kappa shape index (κ1) is 23.8. The molecule has 1 atom stereocenters. The molecule has 0 saturated carbocycles. The number of rotatable bonds is 9. The Labute approximate surface area is 180 Å². The maximum Gasteiger partial charge on any atom is 0.270 e. The molecule has 166 valence electrons. The minimum atomic E-state index is -3.78. The molecule has 0 aliphatic rings. The fourth-order valence-corrected chi connectivity index (χ4v) is 3.98. The standard InChI is InChI=1S/C20H24N4O6S/c1-5-30-19-11-9-17(10-12-19)23(31(4,28)29)15(3)20(25)22-21-14(2)16-7-6-8-18(13-16)24(26)27/h6-13,15H,5H2,1-4H3,(H,22,25)/b21-14-/t15-/m1/s1. The van der Waals surface area contributed by atoms with Gasteiger partial charge >= 0.3 is 0 Å². The van der Waals surface area contributed by atoms with Crippen LogP contribution in [0.2, 0.25) is 0 Å². The van der Waals surface area contributed by atoms with Crippen LogP contribution in [-0.2, 0) is 14.8 Å². The van der Waals surface area contributed by atoms with Gasteiger partial charge in [-0.2, -0.15) is 5.10 Å². The first-order valence-corrected chi connectivity index (χ1v) is 11.2. The highest BCUT2D eigenvalue weighted by Gasteiger charge is 2.29. The highest BCUT2D eigenvalue weighted by Crippen LogP contribution is 2.24. The molecule has 0 radical (unpaired) electrons. The number of hydrazone groups is 1. The lowest BCUT2D eigenvalue weighted by Gasteiger charge is -2.27. The molecule has 10 nitrogen and oxygen atoms in total. The van der Waals surface area contributed by atoms with Gasteiger partial charge in [-0.1, -0.05) is 12.1 Å². The van der Waals surface area contributed by atoms with Crippen molar-refractivity contribution in [1.29, 1.82) is 0 Å². The lowest BCUT2D eigenvalue weighted by Crippen LogP contribution is -2.46. The number of amides is 1. The molecule has 31 heavy (non-hydrogen) atoms. The van der Waals surface area contributed by atoms with Crippen LogP contribution in [0.25, 0.3) is 0 Å². The molecular formula is C20H24N4O6S. The predicted molar refractivity (Wildman–Crippen MR) is 118 cm³/mol. The second-order valence-corrected chi connectivity index (χ2v) is 8.50. The predicted octanol–water partition coefficient (Wildman–Crippen LogP) is 2.69. The molecule has 0 saturated heterocycles. The van der Waals surface area contributed by atoms with Crippen molar-refractivity contribution in [2.75, 3.05) is 17.2 Å². The number of nitro benzene ring substituents is 1. The molecule has 0 bridgehead atoms. The Balaban J connectivity index is 2.22. The molecule has 0 heterocycles. The number of nitro groups is 1. The van der Waals surface area contributed by atoms with Gasteiger partial charge in [-0.15, -0.1) is 0 Å². The van der Waals surface area contributed by atoms with E-state index in [0.29, 0.717) is 29.3 Å². The molecule has 2 aromatic rings. The molecule has 2 aromatic carbocycles. The minimum absolute atomic E-state index is 0.106. The average molecular weight is 449 g/mol. The van der Waals surface area contributed by atoms with Crippen LogP contribution < -0.4 is 14.5 Å². The van der Waals surface area contributed by atoms with Crippen molar-refractivity contribution in [3.8, 4) is 5.75 Å². The molecule has 11 heteroatoms. The summed E-state index contributed by atoms with van der Waals surface area (Å²) < 4.78 is 31.1. The maximum absolute atomic E-state index is 12.6. The Morgan fingerprint density at radius 3 is 2.45 bits per heavy atom. The van der Waals surface area contributed by atoms with E-state index in [1.165, 1.54) is 25.1 Å². The van der Waals surface area contributed by atoms with Gasteiger partial charge < -0.3 is 4.74 Å². The average Bonchev–Trinajstić information content (AvgIpc) is 2.72. The number of nitrogens with one attached hydrogen (secondary N) is 1. The van der Waals surface area contributed by atoms with E-state index < -0.39 is 26.9 Å². The Bertz CT molecular complexity index is 1080. The summed E-state index contributed by atoms with van der Waals surface area (Å²) in [4.78, 5) is 23.0. The molecule has 0 unspecified atom stereocenters. The van der Waals surface area contributed by atoms with E-state index >= 15 is 0 Å². The summed E-state index contributed by atoms with van der Waals surface area (Å²) in [5.41, 5.74) is 3.31. The van der Waals surface area contributed by atoms with Crippen LogP contribution in [0.5, 0.6) is 5.75 Å². The van der Waals surface area contributed by atoms with E-state index in [1.54, 1.807) is 37.3 Å². The Kier molecular flexibility index (Phi) is 7.70. The van der Waals surface area contributed by atoms with Gasteiger partial charge in [0.15, 0.2) is 0 Å². The van der Waals surface area contributed by atoms with Gasteiger partial charge in [0.25, 0.3) is 11.6 Å². The maximum atomic E-state index is 12.6. The van der Waals surface area contributed by atoms with Crippen molar-refractivity contribution >= 4 is 33.0 Å².